The van der Waals surface area contributed by atoms with Gasteiger partial charge in [-0.25, -0.2) is 4.79 Å². The maximum absolute atomic E-state index is 11.8. The number of rotatable bonds is 8. The van der Waals surface area contributed by atoms with Crippen molar-refractivity contribution in [2.45, 2.75) is 39.2 Å². The number of likely N-dealkylation sites (tertiary alicyclic amines) is 1. The summed E-state index contributed by atoms with van der Waals surface area (Å²) in [5.41, 5.74) is 1.23. The van der Waals surface area contributed by atoms with E-state index in [-0.39, 0.29) is 30.1 Å². The highest BCUT2D eigenvalue weighted by Gasteiger charge is 2.23. The number of piperidine rings is 1. The molecule has 2 rings (SSSR count). The molecular formula is C21H36IN5O2. The number of guanidine groups is 1. The number of ether oxygens (including phenoxy) is 1. The Morgan fingerprint density at radius 1 is 1.24 bits per heavy atom. The average Bonchev–Trinajstić information content (AvgIpc) is 2.72. The molecule has 1 fully saturated rings. The Labute approximate surface area is 192 Å². The van der Waals surface area contributed by atoms with Gasteiger partial charge >= 0.3 is 6.09 Å². The molecule has 7 nitrogen and oxygen atoms in total. The van der Waals surface area contributed by atoms with Crippen molar-refractivity contribution in [3.63, 3.8) is 0 Å². The standard InChI is InChI=1S/C21H35N5O2.HI/c1-4-22-20(23-14-9-15-25(3)19-10-7-6-8-11-19)24-18-12-16-26(17-13-18)21(27)28-5-2;/h6-8,10-11,18H,4-5,9,12-17H2,1-3H3,(H2,22,23,24);1H. The van der Waals surface area contributed by atoms with Gasteiger partial charge in [0.2, 0.25) is 0 Å². The molecule has 1 heterocycles. The van der Waals surface area contributed by atoms with Crippen molar-refractivity contribution < 1.29 is 9.53 Å². The Bertz CT molecular complexity index is 606. The molecule has 0 atom stereocenters. The molecule has 0 spiro atoms. The molecule has 0 radical (unpaired) electrons. The van der Waals surface area contributed by atoms with E-state index in [9.17, 15) is 4.79 Å². The number of hydrogen-bond donors (Lipinski definition) is 2. The van der Waals surface area contributed by atoms with E-state index in [1.165, 1.54) is 5.69 Å². The van der Waals surface area contributed by atoms with Gasteiger partial charge in [-0.15, -0.1) is 24.0 Å². The number of anilines is 1. The molecule has 1 aliphatic rings. The first-order chi connectivity index (χ1) is 13.6. The van der Waals surface area contributed by atoms with E-state index >= 15 is 0 Å². The second-order valence-corrected chi connectivity index (χ2v) is 6.98. The predicted molar refractivity (Wildman–Crippen MR) is 130 cm³/mol. The van der Waals surface area contributed by atoms with E-state index in [1.807, 2.05) is 13.0 Å². The number of aliphatic imine (C=N–C) groups is 1. The van der Waals surface area contributed by atoms with Crippen LogP contribution in [-0.2, 0) is 4.74 Å². The van der Waals surface area contributed by atoms with Crippen LogP contribution in [-0.4, -0.2) is 69.4 Å². The molecule has 29 heavy (non-hydrogen) atoms. The molecular weight excluding hydrogens is 481 g/mol. The van der Waals surface area contributed by atoms with E-state index < -0.39 is 0 Å². The molecule has 0 saturated carbocycles. The van der Waals surface area contributed by atoms with Gasteiger partial charge in [-0.3, -0.25) is 4.99 Å². The second kappa shape index (κ2) is 14.3. The fourth-order valence-corrected chi connectivity index (χ4v) is 3.24. The Morgan fingerprint density at radius 3 is 2.55 bits per heavy atom. The molecule has 0 bridgehead atoms. The first-order valence-corrected chi connectivity index (χ1v) is 10.4. The lowest BCUT2D eigenvalue weighted by atomic mass is 10.1. The fourth-order valence-electron chi connectivity index (χ4n) is 3.24. The molecule has 1 aromatic carbocycles. The van der Waals surface area contributed by atoms with Crippen LogP contribution in [0.25, 0.3) is 0 Å². The molecule has 1 saturated heterocycles. The number of carbonyl (C=O) groups is 1. The van der Waals surface area contributed by atoms with Crippen LogP contribution >= 0.6 is 24.0 Å². The number of nitrogens with zero attached hydrogens (tertiary/aromatic N) is 3. The number of nitrogens with one attached hydrogen (secondary N) is 2. The normalized spacial score (nSPS) is 14.7. The minimum Gasteiger partial charge on any atom is -0.450 e. The molecule has 1 amide bonds. The number of hydrogen-bond acceptors (Lipinski definition) is 4. The van der Waals surface area contributed by atoms with Crippen molar-refractivity contribution in [3.05, 3.63) is 30.3 Å². The summed E-state index contributed by atoms with van der Waals surface area (Å²) in [5, 5.41) is 6.84. The average molecular weight is 517 g/mol. The Kier molecular flexibility index (Phi) is 12.5. The summed E-state index contributed by atoms with van der Waals surface area (Å²) in [4.78, 5) is 20.6. The van der Waals surface area contributed by atoms with E-state index in [0.29, 0.717) is 12.6 Å². The van der Waals surface area contributed by atoms with Crippen LogP contribution in [0.5, 0.6) is 0 Å². The summed E-state index contributed by atoms with van der Waals surface area (Å²) in [6.07, 6.45) is 2.59. The van der Waals surface area contributed by atoms with Crippen LogP contribution in [0, 0.1) is 0 Å². The van der Waals surface area contributed by atoms with E-state index in [4.69, 9.17) is 9.73 Å². The second-order valence-electron chi connectivity index (χ2n) is 6.98. The molecule has 164 valence electrons. The number of halogens is 1. The van der Waals surface area contributed by atoms with Crippen molar-refractivity contribution in [3.8, 4) is 0 Å². The van der Waals surface area contributed by atoms with Crippen molar-refractivity contribution in [2.75, 3.05) is 51.3 Å². The lowest BCUT2D eigenvalue weighted by molar-refractivity contribution is 0.0963. The zero-order valence-electron chi connectivity index (χ0n) is 17.9. The van der Waals surface area contributed by atoms with E-state index in [0.717, 1.165) is 57.9 Å². The summed E-state index contributed by atoms with van der Waals surface area (Å²) in [5.74, 6) is 0.861. The van der Waals surface area contributed by atoms with Crippen LogP contribution < -0.4 is 15.5 Å². The monoisotopic (exact) mass is 517 g/mol. The van der Waals surface area contributed by atoms with Gasteiger partial charge < -0.3 is 25.2 Å². The van der Waals surface area contributed by atoms with Gasteiger partial charge in [0.05, 0.1) is 6.61 Å². The van der Waals surface area contributed by atoms with Crippen molar-refractivity contribution in [1.82, 2.24) is 15.5 Å². The van der Waals surface area contributed by atoms with Crippen LogP contribution in [0.1, 0.15) is 33.1 Å². The van der Waals surface area contributed by atoms with E-state index in [1.54, 1.807) is 4.90 Å². The smallest absolute Gasteiger partial charge is 0.409 e. The highest BCUT2D eigenvalue weighted by molar-refractivity contribution is 14.0. The topological polar surface area (TPSA) is 69.2 Å². The maximum Gasteiger partial charge on any atom is 0.409 e. The van der Waals surface area contributed by atoms with Crippen molar-refractivity contribution in [1.29, 1.82) is 0 Å². The van der Waals surface area contributed by atoms with Gasteiger partial charge in [0.25, 0.3) is 0 Å². The summed E-state index contributed by atoms with van der Waals surface area (Å²) in [7, 11) is 2.11. The summed E-state index contributed by atoms with van der Waals surface area (Å²) >= 11 is 0. The lowest BCUT2D eigenvalue weighted by Crippen LogP contribution is -2.50. The number of para-hydroxylation sites is 1. The predicted octanol–water partition coefficient (Wildman–Crippen LogP) is 3.31. The van der Waals surface area contributed by atoms with Gasteiger partial charge in [-0.1, -0.05) is 18.2 Å². The SMILES string of the molecule is CCNC(=NCCCN(C)c1ccccc1)NC1CCN(C(=O)OCC)CC1.I. The highest BCUT2D eigenvalue weighted by Crippen LogP contribution is 2.12. The summed E-state index contributed by atoms with van der Waals surface area (Å²) in [6.45, 7) is 8.34. The Balaban J connectivity index is 0.00000420. The van der Waals surface area contributed by atoms with Gasteiger partial charge in [0, 0.05) is 51.5 Å². The third-order valence-electron chi connectivity index (χ3n) is 4.82. The summed E-state index contributed by atoms with van der Waals surface area (Å²) in [6, 6.07) is 10.7. The molecule has 8 heteroatoms. The largest absolute Gasteiger partial charge is 0.450 e. The minimum atomic E-state index is -0.205. The molecule has 0 aromatic heterocycles. The maximum atomic E-state index is 11.8. The van der Waals surface area contributed by atoms with Gasteiger partial charge in [-0.05, 0) is 45.2 Å². The lowest BCUT2D eigenvalue weighted by Gasteiger charge is -2.32. The van der Waals surface area contributed by atoms with Crippen LogP contribution in [0.15, 0.2) is 35.3 Å². The first-order valence-electron chi connectivity index (χ1n) is 10.4. The zero-order chi connectivity index (χ0) is 20.2. The number of carbonyl (C=O) groups excluding carboxylic acids is 1. The molecule has 1 aromatic rings. The summed E-state index contributed by atoms with van der Waals surface area (Å²) < 4.78 is 5.08. The number of benzene rings is 1. The van der Waals surface area contributed by atoms with Gasteiger partial charge in [-0.2, -0.15) is 0 Å². The molecule has 0 aliphatic carbocycles. The van der Waals surface area contributed by atoms with Gasteiger partial charge in [0.15, 0.2) is 5.96 Å². The first kappa shape index (κ1) is 25.3. The van der Waals surface area contributed by atoms with Crippen LogP contribution in [0.4, 0.5) is 10.5 Å². The third kappa shape index (κ3) is 9.10. The van der Waals surface area contributed by atoms with Gasteiger partial charge in [0.1, 0.15) is 0 Å². The molecule has 1 aliphatic heterocycles. The molecule has 2 N–H and O–H groups in total. The van der Waals surface area contributed by atoms with Crippen LogP contribution in [0.2, 0.25) is 0 Å². The minimum absolute atomic E-state index is 0. The zero-order valence-corrected chi connectivity index (χ0v) is 20.2. The Hall–Kier alpha value is -1.71. The third-order valence-corrected chi connectivity index (χ3v) is 4.82. The highest BCUT2D eigenvalue weighted by atomic mass is 127. The van der Waals surface area contributed by atoms with E-state index in [2.05, 4.69) is 53.8 Å². The van der Waals surface area contributed by atoms with Crippen molar-refractivity contribution in [2.24, 2.45) is 4.99 Å². The number of amides is 1. The quantitative estimate of drug-likeness (QED) is 0.240. The van der Waals surface area contributed by atoms with Crippen molar-refractivity contribution >= 4 is 41.7 Å². The Morgan fingerprint density at radius 2 is 1.93 bits per heavy atom. The fraction of sp³-hybridized carbons (Fsp3) is 0.619. The molecule has 0 unspecified atom stereocenters. The van der Waals surface area contributed by atoms with Crippen LogP contribution in [0.3, 0.4) is 0 Å².